The van der Waals surface area contributed by atoms with Gasteiger partial charge in [-0.25, -0.2) is 4.98 Å². The Morgan fingerprint density at radius 2 is 1.82 bits per heavy atom. The number of benzene rings is 1. The smallest absolute Gasteiger partial charge is 0.132 e. The summed E-state index contributed by atoms with van der Waals surface area (Å²) in [5, 5.41) is 2.96. The van der Waals surface area contributed by atoms with E-state index in [-0.39, 0.29) is 0 Å². The Morgan fingerprint density at radius 1 is 1.06 bits per heavy atom. The van der Waals surface area contributed by atoms with Crippen LogP contribution < -0.4 is 14.8 Å². The van der Waals surface area contributed by atoms with Gasteiger partial charge in [0.25, 0.3) is 0 Å². The van der Waals surface area contributed by atoms with Crippen LogP contribution in [0.3, 0.4) is 0 Å². The molecular formula is C13H14N2O2. The molecule has 88 valence electrons. The fraction of sp³-hybridized carbons (Fsp3) is 0.154. The SMILES string of the molecule is CNc1cc(Oc2cccc(OC)c2)ccn1. The zero-order valence-corrected chi connectivity index (χ0v) is 9.81. The zero-order chi connectivity index (χ0) is 12.1. The van der Waals surface area contributed by atoms with Crippen LogP contribution in [0.15, 0.2) is 42.6 Å². The number of nitrogens with zero attached hydrogens (tertiary/aromatic N) is 1. The standard InChI is InChI=1S/C13H14N2O2/c1-14-13-9-12(6-7-15-13)17-11-5-3-4-10(8-11)16-2/h3-9H,1-2H3,(H,14,15). The van der Waals surface area contributed by atoms with E-state index < -0.39 is 0 Å². The molecule has 0 unspecified atom stereocenters. The Balaban J connectivity index is 2.18. The van der Waals surface area contributed by atoms with Gasteiger partial charge in [0.15, 0.2) is 0 Å². The van der Waals surface area contributed by atoms with E-state index in [4.69, 9.17) is 9.47 Å². The highest BCUT2D eigenvalue weighted by Gasteiger charge is 2.00. The number of hydrogen-bond donors (Lipinski definition) is 1. The summed E-state index contributed by atoms with van der Waals surface area (Å²) >= 11 is 0. The van der Waals surface area contributed by atoms with Crippen LogP contribution in [0.2, 0.25) is 0 Å². The first kappa shape index (κ1) is 11.3. The molecule has 0 aliphatic heterocycles. The number of hydrogen-bond acceptors (Lipinski definition) is 4. The molecule has 1 N–H and O–H groups in total. The van der Waals surface area contributed by atoms with E-state index in [0.29, 0.717) is 0 Å². The number of aromatic nitrogens is 1. The highest BCUT2D eigenvalue weighted by molar-refractivity contribution is 5.42. The first-order valence-electron chi connectivity index (χ1n) is 5.27. The van der Waals surface area contributed by atoms with Gasteiger partial charge in [0.1, 0.15) is 23.1 Å². The normalized spacial score (nSPS) is 9.76. The molecule has 0 fully saturated rings. The molecule has 0 aliphatic rings. The van der Waals surface area contributed by atoms with Crippen LogP contribution in [0.25, 0.3) is 0 Å². The van der Waals surface area contributed by atoms with Crippen LogP contribution in [0.4, 0.5) is 5.82 Å². The van der Waals surface area contributed by atoms with E-state index in [0.717, 1.165) is 23.1 Å². The first-order valence-corrected chi connectivity index (χ1v) is 5.27. The van der Waals surface area contributed by atoms with Crippen molar-refractivity contribution in [3.8, 4) is 17.2 Å². The minimum Gasteiger partial charge on any atom is -0.497 e. The maximum atomic E-state index is 5.70. The minimum absolute atomic E-state index is 0.734. The molecule has 17 heavy (non-hydrogen) atoms. The number of ether oxygens (including phenoxy) is 2. The molecular weight excluding hydrogens is 216 g/mol. The Kier molecular flexibility index (Phi) is 3.45. The summed E-state index contributed by atoms with van der Waals surface area (Å²) in [5.74, 6) is 3.01. The fourth-order valence-corrected chi connectivity index (χ4v) is 1.41. The zero-order valence-electron chi connectivity index (χ0n) is 9.81. The number of rotatable bonds is 4. The van der Waals surface area contributed by atoms with Crippen molar-refractivity contribution in [3.05, 3.63) is 42.6 Å². The largest absolute Gasteiger partial charge is 0.497 e. The monoisotopic (exact) mass is 230 g/mol. The summed E-state index contributed by atoms with van der Waals surface area (Å²) in [4.78, 5) is 4.12. The van der Waals surface area contributed by atoms with Crippen LogP contribution in [-0.2, 0) is 0 Å². The molecule has 1 aromatic carbocycles. The summed E-state index contributed by atoms with van der Waals surface area (Å²) in [6, 6.07) is 11.1. The van der Waals surface area contributed by atoms with Crippen molar-refractivity contribution < 1.29 is 9.47 Å². The van der Waals surface area contributed by atoms with E-state index in [1.807, 2.05) is 37.4 Å². The van der Waals surface area contributed by atoms with Gasteiger partial charge in [-0.05, 0) is 18.2 Å². The van der Waals surface area contributed by atoms with Gasteiger partial charge in [0.05, 0.1) is 7.11 Å². The molecule has 0 bridgehead atoms. The number of nitrogens with one attached hydrogen (secondary N) is 1. The Labute approximate surface area is 100 Å². The molecule has 0 radical (unpaired) electrons. The van der Waals surface area contributed by atoms with Gasteiger partial charge < -0.3 is 14.8 Å². The van der Waals surface area contributed by atoms with Crippen molar-refractivity contribution in [2.75, 3.05) is 19.5 Å². The van der Waals surface area contributed by atoms with Gasteiger partial charge in [-0.2, -0.15) is 0 Å². The number of pyridine rings is 1. The molecule has 0 saturated heterocycles. The van der Waals surface area contributed by atoms with Crippen molar-refractivity contribution in [1.29, 1.82) is 0 Å². The maximum absolute atomic E-state index is 5.70. The van der Waals surface area contributed by atoms with Crippen molar-refractivity contribution >= 4 is 5.82 Å². The van der Waals surface area contributed by atoms with Crippen LogP contribution in [0, 0.1) is 0 Å². The van der Waals surface area contributed by atoms with Crippen LogP contribution >= 0.6 is 0 Å². The van der Waals surface area contributed by atoms with Gasteiger partial charge in [0, 0.05) is 25.4 Å². The lowest BCUT2D eigenvalue weighted by atomic mass is 10.3. The second kappa shape index (κ2) is 5.21. The molecule has 2 rings (SSSR count). The lowest BCUT2D eigenvalue weighted by Crippen LogP contribution is -1.92. The van der Waals surface area contributed by atoms with Gasteiger partial charge in [0.2, 0.25) is 0 Å². The third-order valence-electron chi connectivity index (χ3n) is 2.26. The lowest BCUT2D eigenvalue weighted by molar-refractivity contribution is 0.409. The van der Waals surface area contributed by atoms with Crippen LogP contribution in [0.5, 0.6) is 17.2 Å². The summed E-state index contributed by atoms with van der Waals surface area (Å²) in [6.45, 7) is 0. The van der Waals surface area contributed by atoms with E-state index in [2.05, 4.69) is 10.3 Å². The average molecular weight is 230 g/mol. The Bertz CT molecular complexity index is 455. The molecule has 1 heterocycles. The van der Waals surface area contributed by atoms with Gasteiger partial charge in [-0.3, -0.25) is 0 Å². The molecule has 0 saturated carbocycles. The van der Waals surface area contributed by atoms with E-state index in [1.165, 1.54) is 0 Å². The van der Waals surface area contributed by atoms with Gasteiger partial charge in [-0.15, -0.1) is 0 Å². The molecule has 1 aromatic heterocycles. The summed E-state index contributed by atoms with van der Waals surface area (Å²) in [5.41, 5.74) is 0. The van der Waals surface area contributed by atoms with Gasteiger partial charge in [-0.1, -0.05) is 6.07 Å². The highest BCUT2D eigenvalue weighted by atomic mass is 16.5. The highest BCUT2D eigenvalue weighted by Crippen LogP contribution is 2.25. The topological polar surface area (TPSA) is 43.4 Å². The second-order valence-electron chi connectivity index (χ2n) is 3.41. The summed E-state index contributed by atoms with van der Waals surface area (Å²) < 4.78 is 10.8. The van der Waals surface area contributed by atoms with Crippen molar-refractivity contribution in [2.45, 2.75) is 0 Å². The quantitative estimate of drug-likeness (QED) is 0.877. The minimum atomic E-state index is 0.734. The molecule has 0 spiro atoms. The molecule has 2 aromatic rings. The summed E-state index contributed by atoms with van der Waals surface area (Å²) in [6.07, 6.45) is 1.70. The Hall–Kier alpha value is -2.23. The average Bonchev–Trinajstić information content (AvgIpc) is 2.39. The van der Waals surface area contributed by atoms with Crippen molar-refractivity contribution in [1.82, 2.24) is 4.98 Å². The third kappa shape index (κ3) is 2.87. The Morgan fingerprint density at radius 3 is 2.59 bits per heavy atom. The van der Waals surface area contributed by atoms with Crippen LogP contribution in [-0.4, -0.2) is 19.1 Å². The molecule has 4 heteroatoms. The number of anilines is 1. The van der Waals surface area contributed by atoms with Crippen molar-refractivity contribution in [2.24, 2.45) is 0 Å². The number of methoxy groups -OCH3 is 1. The van der Waals surface area contributed by atoms with Gasteiger partial charge >= 0.3 is 0 Å². The first-order chi connectivity index (χ1) is 8.31. The lowest BCUT2D eigenvalue weighted by Gasteiger charge is -2.08. The predicted octanol–water partition coefficient (Wildman–Crippen LogP) is 2.92. The van der Waals surface area contributed by atoms with Crippen LogP contribution in [0.1, 0.15) is 0 Å². The maximum Gasteiger partial charge on any atom is 0.132 e. The molecule has 0 amide bonds. The van der Waals surface area contributed by atoms with E-state index >= 15 is 0 Å². The summed E-state index contributed by atoms with van der Waals surface area (Å²) in [7, 11) is 3.45. The van der Waals surface area contributed by atoms with E-state index in [9.17, 15) is 0 Å². The van der Waals surface area contributed by atoms with E-state index in [1.54, 1.807) is 19.4 Å². The molecule has 4 nitrogen and oxygen atoms in total. The second-order valence-corrected chi connectivity index (χ2v) is 3.41. The van der Waals surface area contributed by atoms with Crippen molar-refractivity contribution in [3.63, 3.8) is 0 Å². The molecule has 0 aliphatic carbocycles. The fourth-order valence-electron chi connectivity index (χ4n) is 1.41. The predicted molar refractivity (Wildman–Crippen MR) is 66.9 cm³/mol. The molecule has 0 atom stereocenters. The third-order valence-corrected chi connectivity index (χ3v) is 2.26.